The molecule has 0 saturated heterocycles. The highest BCUT2D eigenvalue weighted by Crippen LogP contribution is 2.29. The number of fused-ring (bicyclic) bond motifs is 1. The van der Waals surface area contributed by atoms with E-state index in [1.807, 2.05) is 43.6 Å². The normalized spacial score (nSPS) is 11.2. The maximum Gasteiger partial charge on any atom is 0.250 e. The van der Waals surface area contributed by atoms with Crippen molar-refractivity contribution >= 4 is 10.9 Å². The molecule has 0 aliphatic heterocycles. The van der Waals surface area contributed by atoms with Crippen molar-refractivity contribution in [3.63, 3.8) is 0 Å². The number of hydrogen-bond acceptors (Lipinski definition) is 5. The van der Waals surface area contributed by atoms with Crippen LogP contribution in [0.15, 0.2) is 83.9 Å². The maximum atomic E-state index is 12.0. The number of ether oxygens (including phenoxy) is 1. The van der Waals surface area contributed by atoms with E-state index in [0.29, 0.717) is 12.5 Å². The lowest BCUT2D eigenvalue weighted by molar-refractivity contribution is 0.274. The number of aryl methyl sites for hydroxylation is 2. The molecule has 35 heavy (non-hydrogen) atoms. The molecule has 0 aliphatic carbocycles. The summed E-state index contributed by atoms with van der Waals surface area (Å²) in [6.45, 7) is 2.56. The van der Waals surface area contributed by atoms with Gasteiger partial charge in [0.15, 0.2) is 0 Å². The molecule has 0 unspecified atom stereocenters. The zero-order valence-electron chi connectivity index (χ0n) is 19.7. The summed E-state index contributed by atoms with van der Waals surface area (Å²) in [6.07, 6.45) is 3.58. The molecule has 5 rings (SSSR count). The first-order chi connectivity index (χ1) is 17.0. The van der Waals surface area contributed by atoms with E-state index in [1.54, 1.807) is 16.9 Å². The number of aliphatic hydroxyl groups excluding tert-OH is 1. The Labute approximate surface area is 202 Å². The summed E-state index contributed by atoms with van der Waals surface area (Å²) in [5.74, 6) is 0.484. The Hall–Kier alpha value is -4.23. The summed E-state index contributed by atoms with van der Waals surface area (Å²) in [5.41, 5.74) is 6.57. The van der Waals surface area contributed by atoms with Gasteiger partial charge in [0, 0.05) is 48.6 Å². The first-order valence-corrected chi connectivity index (χ1v) is 11.5. The Bertz CT molecular complexity index is 1550. The van der Waals surface area contributed by atoms with Crippen LogP contribution < -0.4 is 10.3 Å². The van der Waals surface area contributed by atoms with Crippen molar-refractivity contribution in [3.8, 4) is 28.3 Å². The lowest BCUT2D eigenvalue weighted by Crippen LogP contribution is -2.20. The molecule has 7 nitrogen and oxygen atoms in total. The van der Waals surface area contributed by atoms with Crippen molar-refractivity contribution < 1.29 is 9.84 Å². The molecule has 0 aliphatic rings. The zero-order valence-corrected chi connectivity index (χ0v) is 19.7. The molecule has 1 N–H and O–H groups in total. The average molecular weight is 467 g/mol. The van der Waals surface area contributed by atoms with Gasteiger partial charge in [-0.2, -0.15) is 0 Å². The predicted octanol–water partition coefficient (Wildman–Crippen LogP) is 4.34. The minimum atomic E-state index is -0.162. The van der Waals surface area contributed by atoms with Crippen molar-refractivity contribution in [2.24, 2.45) is 7.05 Å². The molecule has 176 valence electrons. The lowest BCUT2D eigenvalue weighted by atomic mass is 10.0. The third kappa shape index (κ3) is 4.72. The van der Waals surface area contributed by atoms with Gasteiger partial charge in [-0.25, -0.2) is 4.98 Å². The van der Waals surface area contributed by atoms with Gasteiger partial charge in [0.25, 0.3) is 5.56 Å². The molecule has 3 heterocycles. The number of rotatable bonds is 7. The highest BCUT2D eigenvalue weighted by Gasteiger charge is 2.13. The second-order valence-corrected chi connectivity index (χ2v) is 8.53. The number of benzene rings is 2. The molecular weight excluding hydrogens is 440 g/mol. The molecular formula is C28H26N4O3. The van der Waals surface area contributed by atoms with Gasteiger partial charge in [0.1, 0.15) is 6.61 Å². The number of hydrogen-bond donors (Lipinski definition) is 1. The Balaban J connectivity index is 1.36. The fourth-order valence-electron chi connectivity index (χ4n) is 4.17. The third-order valence-electron chi connectivity index (χ3n) is 5.95. The van der Waals surface area contributed by atoms with Gasteiger partial charge in [-0.05, 0) is 36.2 Å². The van der Waals surface area contributed by atoms with E-state index < -0.39 is 0 Å². The molecule has 0 bridgehead atoms. The highest BCUT2D eigenvalue weighted by atomic mass is 16.5. The molecule has 2 aromatic carbocycles. The summed E-state index contributed by atoms with van der Waals surface area (Å²) in [5, 5.41) is 14.8. The van der Waals surface area contributed by atoms with Crippen LogP contribution in [0.5, 0.6) is 5.88 Å². The molecule has 0 fully saturated rings. The highest BCUT2D eigenvalue weighted by molar-refractivity contribution is 5.83. The molecule has 0 saturated carbocycles. The quantitative estimate of drug-likeness (QED) is 0.386. The first kappa shape index (κ1) is 22.6. The first-order valence-electron chi connectivity index (χ1n) is 11.5. The summed E-state index contributed by atoms with van der Waals surface area (Å²) in [6, 6.07) is 21.7. The van der Waals surface area contributed by atoms with Crippen LogP contribution in [-0.4, -0.2) is 31.0 Å². The van der Waals surface area contributed by atoms with Crippen LogP contribution in [0.4, 0.5) is 0 Å². The number of aromatic nitrogens is 4. The fraction of sp³-hybridized carbons (Fsp3) is 0.179. The summed E-state index contributed by atoms with van der Waals surface area (Å²) in [7, 11) is 1.83. The van der Waals surface area contributed by atoms with Gasteiger partial charge in [-0.3, -0.25) is 9.48 Å². The molecule has 0 atom stereocenters. The molecule has 5 aromatic rings. The average Bonchev–Trinajstić information content (AvgIpc) is 3.24. The topological polar surface area (TPSA) is 82.2 Å². The number of aliphatic hydroxyl groups is 1. The largest absolute Gasteiger partial charge is 0.471 e. The van der Waals surface area contributed by atoms with Crippen molar-refractivity contribution in [3.05, 3.63) is 101 Å². The van der Waals surface area contributed by atoms with Crippen LogP contribution in [0, 0.1) is 6.92 Å². The van der Waals surface area contributed by atoms with Crippen molar-refractivity contribution in [2.45, 2.75) is 20.1 Å². The predicted molar refractivity (Wildman–Crippen MR) is 136 cm³/mol. The standard InChI is InChI=1S/C28H26N4O3/c1-19-15-22-5-3-4-6-25(22)29-27(19)21-9-7-20(8-10-21)18-35-28-24(17-31(2)30-28)23-11-12-26(34)32(16-23)13-14-33/h3-12,15-17,33H,13-14,18H2,1-2H3. The zero-order chi connectivity index (χ0) is 24.4. The van der Waals surface area contributed by atoms with Crippen LogP contribution in [0.3, 0.4) is 0 Å². The Morgan fingerprint density at radius 1 is 0.971 bits per heavy atom. The third-order valence-corrected chi connectivity index (χ3v) is 5.95. The van der Waals surface area contributed by atoms with E-state index in [1.165, 1.54) is 10.6 Å². The number of para-hydroxylation sites is 1. The van der Waals surface area contributed by atoms with Crippen LogP contribution in [0.2, 0.25) is 0 Å². The van der Waals surface area contributed by atoms with Gasteiger partial charge in [0.2, 0.25) is 5.88 Å². The Morgan fingerprint density at radius 3 is 2.54 bits per heavy atom. The number of nitrogens with zero attached hydrogens (tertiary/aromatic N) is 4. The van der Waals surface area contributed by atoms with E-state index in [2.05, 4.69) is 36.3 Å². The van der Waals surface area contributed by atoms with E-state index >= 15 is 0 Å². The molecule has 3 aromatic heterocycles. The second-order valence-electron chi connectivity index (χ2n) is 8.53. The van der Waals surface area contributed by atoms with Gasteiger partial charge in [-0.1, -0.05) is 42.5 Å². The van der Waals surface area contributed by atoms with Crippen molar-refractivity contribution in [1.29, 1.82) is 0 Å². The smallest absolute Gasteiger partial charge is 0.250 e. The minimum Gasteiger partial charge on any atom is -0.471 e. The summed E-state index contributed by atoms with van der Waals surface area (Å²) < 4.78 is 9.23. The fourth-order valence-corrected chi connectivity index (χ4v) is 4.17. The monoisotopic (exact) mass is 466 g/mol. The minimum absolute atomic E-state index is 0.107. The van der Waals surface area contributed by atoms with E-state index in [-0.39, 0.29) is 18.7 Å². The van der Waals surface area contributed by atoms with Crippen LogP contribution in [0.25, 0.3) is 33.3 Å². The van der Waals surface area contributed by atoms with E-state index in [0.717, 1.165) is 44.4 Å². The van der Waals surface area contributed by atoms with Crippen molar-refractivity contribution in [2.75, 3.05) is 6.61 Å². The Morgan fingerprint density at radius 2 is 1.74 bits per heavy atom. The second kappa shape index (κ2) is 9.56. The number of pyridine rings is 2. The van der Waals surface area contributed by atoms with Gasteiger partial charge < -0.3 is 14.4 Å². The molecule has 7 heteroatoms. The summed E-state index contributed by atoms with van der Waals surface area (Å²) in [4.78, 5) is 16.9. The van der Waals surface area contributed by atoms with Crippen molar-refractivity contribution in [1.82, 2.24) is 19.3 Å². The van der Waals surface area contributed by atoms with E-state index in [4.69, 9.17) is 9.72 Å². The molecule has 0 amide bonds. The van der Waals surface area contributed by atoms with Gasteiger partial charge in [-0.15, -0.1) is 5.10 Å². The van der Waals surface area contributed by atoms with Gasteiger partial charge >= 0.3 is 0 Å². The summed E-state index contributed by atoms with van der Waals surface area (Å²) >= 11 is 0. The van der Waals surface area contributed by atoms with Crippen LogP contribution in [0.1, 0.15) is 11.1 Å². The van der Waals surface area contributed by atoms with Crippen LogP contribution in [-0.2, 0) is 20.2 Å². The van der Waals surface area contributed by atoms with Crippen LogP contribution >= 0.6 is 0 Å². The van der Waals surface area contributed by atoms with Gasteiger partial charge in [0.05, 0.1) is 23.4 Å². The van der Waals surface area contributed by atoms with E-state index in [9.17, 15) is 9.90 Å². The maximum absolute atomic E-state index is 12.0. The SMILES string of the molecule is Cc1cc2ccccc2nc1-c1ccc(COc2nn(C)cc2-c2ccc(=O)n(CCO)c2)cc1. The molecule has 0 radical (unpaired) electrons. The Kier molecular flexibility index (Phi) is 6.16. The lowest BCUT2D eigenvalue weighted by Gasteiger charge is -2.10. The molecule has 0 spiro atoms.